The van der Waals surface area contributed by atoms with Crippen LogP contribution in [0.1, 0.15) is 18.9 Å². The zero-order valence-electron chi connectivity index (χ0n) is 15.3. The van der Waals surface area contributed by atoms with Gasteiger partial charge in [0.25, 0.3) is 5.91 Å². The number of carbonyl (C=O) groups excluding carboxylic acids is 1. The molecule has 2 fully saturated rings. The van der Waals surface area contributed by atoms with Crippen LogP contribution in [0.4, 0.5) is 5.69 Å². The number of aromatic nitrogens is 1. The lowest BCUT2D eigenvalue weighted by Crippen LogP contribution is -2.54. The zero-order valence-corrected chi connectivity index (χ0v) is 15.3. The van der Waals surface area contributed by atoms with Crippen molar-refractivity contribution in [3.63, 3.8) is 0 Å². The second-order valence-corrected chi connectivity index (χ2v) is 7.18. The highest BCUT2D eigenvalue weighted by Gasteiger charge is 2.32. The number of pyridine rings is 1. The van der Waals surface area contributed by atoms with E-state index in [0.29, 0.717) is 24.2 Å². The summed E-state index contributed by atoms with van der Waals surface area (Å²) < 4.78 is 5.92. The van der Waals surface area contributed by atoms with E-state index in [1.54, 1.807) is 12.3 Å². The fraction of sp³-hybridized carbons (Fsp3) is 0.450. The van der Waals surface area contributed by atoms with Gasteiger partial charge in [0.1, 0.15) is 6.07 Å². The van der Waals surface area contributed by atoms with Crippen molar-refractivity contribution in [1.29, 1.82) is 5.26 Å². The van der Waals surface area contributed by atoms with E-state index in [9.17, 15) is 10.1 Å². The largest absolute Gasteiger partial charge is 0.365 e. The molecule has 2 saturated heterocycles. The molecule has 2 N–H and O–H groups in total. The monoisotopic (exact) mass is 365 g/mol. The Bertz CT molecular complexity index is 888. The molecular formula is C20H23N5O2. The third-order valence-electron chi connectivity index (χ3n) is 5.17. The predicted molar refractivity (Wildman–Crippen MR) is 102 cm³/mol. The van der Waals surface area contributed by atoms with Gasteiger partial charge in [0.15, 0.2) is 6.10 Å². The summed E-state index contributed by atoms with van der Waals surface area (Å²) in [6.07, 6.45) is 2.06. The molecule has 1 amide bonds. The van der Waals surface area contributed by atoms with Crippen molar-refractivity contribution in [2.75, 3.05) is 31.1 Å². The average Bonchev–Trinajstić information content (AvgIpc) is 3.19. The number of nitriles is 1. The lowest BCUT2D eigenvalue weighted by Gasteiger charge is -2.38. The van der Waals surface area contributed by atoms with Gasteiger partial charge in [-0.2, -0.15) is 5.26 Å². The maximum atomic E-state index is 12.7. The number of nitrogens with zero attached hydrogens (tertiary/aromatic N) is 3. The average molecular weight is 365 g/mol. The lowest BCUT2D eigenvalue weighted by atomic mass is 10.1. The number of hydrogen-bond acceptors (Lipinski definition) is 6. The van der Waals surface area contributed by atoms with Gasteiger partial charge in [-0.15, -0.1) is 0 Å². The van der Waals surface area contributed by atoms with Crippen LogP contribution < -0.4 is 15.5 Å². The maximum absolute atomic E-state index is 12.7. The highest BCUT2D eigenvalue weighted by Crippen LogP contribution is 2.30. The minimum atomic E-state index is -0.517. The summed E-state index contributed by atoms with van der Waals surface area (Å²) in [5, 5.41) is 16.6. The Kier molecular flexibility index (Phi) is 4.92. The number of rotatable bonds is 3. The lowest BCUT2D eigenvalue weighted by molar-refractivity contribution is -0.137. The smallest absolute Gasteiger partial charge is 0.251 e. The molecule has 27 heavy (non-hydrogen) atoms. The summed E-state index contributed by atoms with van der Waals surface area (Å²) in [4.78, 5) is 19.2. The summed E-state index contributed by atoms with van der Waals surface area (Å²) >= 11 is 0. The van der Waals surface area contributed by atoms with E-state index in [-0.39, 0.29) is 18.1 Å². The molecule has 3 atom stereocenters. The van der Waals surface area contributed by atoms with Crippen LogP contribution in [-0.4, -0.2) is 55.3 Å². The SMILES string of the molecule is C[C@@H]1CN(c2ccc(C#N)c3ncccc23)C[C@H](C(=O)N[C@@H]2CCNC2)O1. The molecule has 140 valence electrons. The summed E-state index contributed by atoms with van der Waals surface area (Å²) in [7, 11) is 0. The van der Waals surface area contributed by atoms with Gasteiger partial charge in [0, 0.05) is 36.4 Å². The van der Waals surface area contributed by atoms with Crippen LogP contribution in [0.5, 0.6) is 0 Å². The Morgan fingerprint density at radius 3 is 3.07 bits per heavy atom. The van der Waals surface area contributed by atoms with Crippen LogP contribution in [0.2, 0.25) is 0 Å². The number of anilines is 1. The molecule has 0 saturated carbocycles. The summed E-state index contributed by atoms with van der Waals surface area (Å²) in [6.45, 7) is 4.89. The minimum absolute atomic E-state index is 0.0590. The number of carbonyl (C=O) groups is 1. The van der Waals surface area contributed by atoms with Crippen LogP contribution in [0, 0.1) is 11.3 Å². The van der Waals surface area contributed by atoms with Crippen molar-refractivity contribution in [1.82, 2.24) is 15.6 Å². The molecule has 7 nitrogen and oxygen atoms in total. The Morgan fingerprint density at radius 2 is 2.30 bits per heavy atom. The van der Waals surface area contributed by atoms with Gasteiger partial charge in [-0.1, -0.05) is 0 Å². The first-order valence-corrected chi connectivity index (χ1v) is 9.35. The van der Waals surface area contributed by atoms with Gasteiger partial charge >= 0.3 is 0 Å². The predicted octanol–water partition coefficient (Wildman–Crippen LogP) is 1.18. The molecule has 1 aromatic carbocycles. The van der Waals surface area contributed by atoms with E-state index >= 15 is 0 Å². The van der Waals surface area contributed by atoms with E-state index < -0.39 is 6.10 Å². The van der Waals surface area contributed by atoms with Gasteiger partial charge < -0.3 is 20.3 Å². The van der Waals surface area contributed by atoms with E-state index in [1.807, 2.05) is 25.1 Å². The molecule has 2 aliphatic heterocycles. The van der Waals surface area contributed by atoms with Crippen LogP contribution in [-0.2, 0) is 9.53 Å². The third-order valence-corrected chi connectivity index (χ3v) is 5.17. The number of nitrogens with one attached hydrogen (secondary N) is 2. The molecule has 2 aliphatic rings. The Balaban J connectivity index is 1.59. The first-order chi connectivity index (χ1) is 13.2. The molecular weight excluding hydrogens is 342 g/mol. The van der Waals surface area contributed by atoms with Gasteiger partial charge in [-0.05, 0) is 44.2 Å². The summed E-state index contributed by atoms with van der Waals surface area (Å²) in [6, 6.07) is 9.95. The first kappa shape index (κ1) is 17.7. The summed E-state index contributed by atoms with van der Waals surface area (Å²) in [5.41, 5.74) is 2.22. The highest BCUT2D eigenvalue weighted by atomic mass is 16.5. The van der Waals surface area contributed by atoms with Gasteiger partial charge in [-0.3, -0.25) is 9.78 Å². The van der Waals surface area contributed by atoms with Crippen molar-refractivity contribution < 1.29 is 9.53 Å². The fourth-order valence-electron chi connectivity index (χ4n) is 3.89. The van der Waals surface area contributed by atoms with Crippen LogP contribution in [0.3, 0.4) is 0 Å². The van der Waals surface area contributed by atoms with Gasteiger partial charge in [0.05, 0.1) is 23.7 Å². The summed E-state index contributed by atoms with van der Waals surface area (Å²) in [5.74, 6) is -0.0590. The fourth-order valence-corrected chi connectivity index (χ4v) is 3.89. The number of amides is 1. The minimum Gasteiger partial charge on any atom is -0.365 e. The molecule has 7 heteroatoms. The highest BCUT2D eigenvalue weighted by molar-refractivity contribution is 5.95. The molecule has 1 aromatic heterocycles. The van der Waals surface area contributed by atoms with Crippen molar-refractivity contribution >= 4 is 22.5 Å². The van der Waals surface area contributed by atoms with Crippen LogP contribution in [0.25, 0.3) is 10.9 Å². The van der Waals surface area contributed by atoms with E-state index in [0.717, 1.165) is 30.6 Å². The van der Waals surface area contributed by atoms with E-state index in [4.69, 9.17) is 4.74 Å². The normalized spacial score (nSPS) is 25.3. The molecule has 3 heterocycles. The first-order valence-electron chi connectivity index (χ1n) is 9.35. The van der Waals surface area contributed by atoms with Crippen LogP contribution in [0.15, 0.2) is 30.5 Å². The van der Waals surface area contributed by atoms with E-state index in [1.165, 1.54) is 0 Å². The van der Waals surface area contributed by atoms with E-state index in [2.05, 4.69) is 26.6 Å². The maximum Gasteiger partial charge on any atom is 0.251 e. The molecule has 0 unspecified atom stereocenters. The third kappa shape index (κ3) is 3.59. The number of benzene rings is 1. The number of ether oxygens (including phenoxy) is 1. The van der Waals surface area contributed by atoms with Crippen LogP contribution >= 0.6 is 0 Å². The Labute approximate surface area is 158 Å². The van der Waals surface area contributed by atoms with Crippen molar-refractivity contribution in [2.24, 2.45) is 0 Å². The Morgan fingerprint density at radius 1 is 1.41 bits per heavy atom. The zero-order chi connectivity index (χ0) is 18.8. The molecule has 0 bridgehead atoms. The van der Waals surface area contributed by atoms with Crippen molar-refractivity contribution in [2.45, 2.75) is 31.6 Å². The number of hydrogen-bond donors (Lipinski definition) is 2. The van der Waals surface area contributed by atoms with Crippen molar-refractivity contribution in [3.8, 4) is 6.07 Å². The topological polar surface area (TPSA) is 90.3 Å². The van der Waals surface area contributed by atoms with Crippen molar-refractivity contribution in [3.05, 3.63) is 36.0 Å². The molecule has 2 aromatic rings. The molecule has 0 radical (unpaired) electrons. The Hall–Kier alpha value is -2.69. The molecule has 4 rings (SSSR count). The molecule has 0 aliphatic carbocycles. The number of fused-ring (bicyclic) bond motifs is 1. The van der Waals surface area contributed by atoms with Gasteiger partial charge in [0.2, 0.25) is 0 Å². The standard InChI is InChI=1S/C20H23N5O2/c1-13-11-25(12-18(27-13)20(26)24-15-6-8-22-10-15)17-5-4-14(9-21)19-16(17)3-2-7-23-19/h2-5,7,13,15,18,22H,6,8,10-12H2,1H3,(H,24,26)/t13-,15-,18-/m1/s1. The van der Waals surface area contributed by atoms with Gasteiger partial charge in [-0.25, -0.2) is 0 Å². The quantitative estimate of drug-likeness (QED) is 0.849. The number of morpholine rings is 1. The second kappa shape index (κ2) is 7.51. The molecule has 0 spiro atoms. The second-order valence-electron chi connectivity index (χ2n) is 7.18.